The molecular formula is C24H26N6O2S. The number of aromatic nitrogens is 5. The fraction of sp³-hybridized carbons (Fsp3) is 0.417. The maximum absolute atomic E-state index is 6.22. The molecule has 170 valence electrons. The second-order valence-electron chi connectivity index (χ2n) is 8.91. The zero-order valence-corrected chi connectivity index (χ0v) is 19.5. The van der Waals surface area contributed by atoms with Crippen molar-refractivity contribution in [1.29, 1.82) is 0 Å². The highest BCUT2D eigenvalue weighted by Crippen LogP contribution is 2.41. The van der Waals surface area contributed by atoms with Gasteiger partial charge in [0.1, 0.15) is 16.3 Å². The third-order valence-corrected chi connectivity index (χ3v) is 7.33. The molecular weight excluding hydrogens is 436 g/mol. The van der Waals surface area contributed by atoms with Crippen LogP contribution in [0.5, 0.6) is 11.6 Å². The van der Waals surface area contributed by atoms with Crippen molar-refractivity contribution in [1.82, 2.24) is 24.7 Å². The second-order valence-corrected chi connectivity index (χ2v) is 9.89. The molecule has 0 radical (unpaired) electrons. The Bertz CT molecular complexity index is 1270. The van der Waals surface area contributed by atoms with E-state index in [1.54, 1.807) is 11.3 Å². The van der Waals surface area contributed by atoms with Gasteiger partial charge in [0.2, 0.25) is 5.88 Å². The maximum atomic E-state index is 6.22. The lowest BCUT2D eigenvalue weighted by Gasteiger charge is -2.28. The number of hydrogen-bond donors (Lipinski definition) is 0. The summed E-state index contributed by atoms with van der Waals surface area (Å²) in [5.74, 6) is 2.25. The van der Waals surface area contributed by atoms with Crippen LogP contribution in [0.4, 0.5) is 5.13 Å². The quantitative estimate of drug-likeness (QED) is 0.394. The van der Waals surface area contributed by atoms with E-state index in [-0.39, 0.29) is 12.0 Å². The van der Waals surface area contributed by atoms with Gasteiger partial charge >= 0.3 is 0 Å². The Kier molecular flexibility index (Phi) is 5.22. The fourth-order valence-corrected chi connectivity index (χ4v) is 5.02. The minimum atomic E-state index is 0.00167. The number of benzene rings is 1. The second kappa shape index (κ2) is 8.39. The summed E-state index contributed by atoms with van der Waals surface area (Å²) >= 11 is 1.54. The molecule has 2 aliphatic rings. The minimum Gasteiger partial charge on any atom is -0.437 e. The minimum absolute atomic E-state index is 0.00167. The number of para-hydroxylation sites is 1. The first kappa shape index (κ1) is 20.6. The Morgan fingerprint density at radius 2 is 1.94 bits per heavy atom. The molecule has 1 aliphatic heterocycles. The van der Waals surface area contributed by atoms with Crippen molar-refractivity contribution < 1.29 is 9.47 Å². The van der Waals surface area contributed by atoms with Gasteiger partial charge in [-0.2, -0.15) is 15.1 Å². The van der Waals surface area contributed by atoms with Crippen molar-refractivity contribution in [2.24, 2.45) is 0 Å². The van der Waals surface area contributed by atoms with E-state index >= 15 is 0 Å². The van der Waals surface area contributed by atoms with E-state index in [1.165, 1.54) is 12.8 Å². The highest BCUT2D eigenvalue weighted by atomic mass is 32.1. The van der Waals surface area contributed by atoms with Gasteiger partial charge < -0.3 is 14.4 Å². The Balaban J connectivity index is 1.33. The molecule has 2 fully saturated rings. The summed E-state index contributed by atoms with van der Waals surface area (Å²) in [5.41, 5.74) is 1.82. The summed E-state index contributed by atoms with van der Waals surface area (Å²) < 4.78 is 15.3. The Hall–Kier alpha value is -3.04. The highest BCUT2D eigenvalue weighted by Gasteiger charge is 2.31. The van der Waals surface area contributed by atoms with Crippen LogP contribution >= 0.6 is 11.3 Å². The van der Waals surface area contributed by atoms with E-state index in [4.69, 9.17) is 24.4 Å². The number of ether oxygens (including phenoxy) is 2. The third kappa shape index (κ3) is 4.18. The molecule has 0 amide bonds. The number of rotatable bonds is 6. The smallest absolute Gasteiger partial charge is 0.242 e. The summed E-state index contributed by atoms with van der Waals surface area (Å²) in [6.07, 6.45) is 8.21. The first-order valence-electron chi connectivity index (χ1n) is 11.4. The zero-order valence-electron chi connectivity index (χ0n) is 18.7. The van der Waals surface area contributed by atoms with Crippen LogP contribution in [0.1, 0.15) is 55.1 Å². The monoisotopic (exact) mass is 462 g/mol. The van der Waals surface area contributed by atoms with Gasteiger partial charge in [-0.25, -0.2) is 4.98 Å². The van der Waals surface area contributed by atoms with Crippen molar-refractivity contribution in [3.05, 3.63) is 54.1 Å². The van der Waals surface area contributed by atoms with E-state index in [0.717, 1.165) is 39.8 Å². The van der Waals surface area contributed by atoms with Gasteiger partial charge in [0.25, 0.3) is 0 Å². The topological polar surface area (TPSA) is 78.2 Å². The first-order chi connectivity index (χ1) is 16.1. The molecule has 1 saturated carbocycles. The number of nitrogens with zero attached hydrogens (tertiary/aromatic N) is 6. The maximum Gasteiger partial charge on any atom is 0.242 e. The van der Waals surface area contributed by atoms with E-state index in [2.05, 4.69) is 16.0 Å². The van der Waals surface area contributed by atoms with Crippen LogP contribution in [-0.4, -0.2) is 45.4 Å². The van der Waals surface area contributed by atoms with Crippen molar-refractivity contribution >= 4 is 26.8 Å². The molecule has 4 aromatic rings. The number of hydrogen-bond acceptors (Lipinski definition) is 8. The lowest BCUT2D eigenvalue weighted by molar-refractivity contribution is 0.00389. The van der Waals surface area contributed by atoms with Gasteiger partial charge in [0, 0.05) is 38.4 Å². The van der Waals surface area contributed by atoms with Crippen molar-refractivity contribution in [2.75, 3.05) is 25.6 Å². The lowest BCUT2D eigenvalue weighted by atomic mass is 9.92. The van der Waals surface area contributed by atoms with E-state index in [9.17, 15) is 0 Å². The van der Waals surface area contributed by atoms with Crippen LogP contribution < -0.4 is 9.64 Å². The summed E-state index contributed by atoms with van der Waals surface area (Å²) in [6.45, 7) is 0.667. The summed E-state index contributed by atoms with van der Waals surface area (Å²) in [5, 5.41) is 5.43. The van der Waals surface area contributed by atoms with Crippen molar-refractivity contribution in [3.8, 4) is 11.6 Å². The van der Waals surface area contributed by atoms with Crippen LogP contribution in [-0.2, 0) is 4.74 Å². The molecule has 4 heterocycles. The zero-order chi connectivity index (χ0) is 22.4. The molecule has 8 nitrogen and oxygen atoms in total. The molecule has 1 aromatic carbocycles. The molecule has 0 bridgehead atoms. The van der Waals surface area contributed by atoms with Crippen LogP contribution in [0, 0.1) is 0 Å². The molecule has 1 saturated heterocycles. The Labute approximate surface area is 196 Å². The van der Waals surface area contributed by atoms with Crippen LogP contribution in [0.3, 0.4) is 0 Å². The largest absolute Gasteiger partial charge is 0.437 e. The predicted molar refractivity (Wildman–Crippen MR) is 127 cm³/mol. The standard InChI is InChI=1S/C24H26N6O2S/c1-29(2)24-28-22-20(33-24)23(32-18-6-4-3-5-7-18)27-21(26-22)15-10-11-31-19(12-15)16-13-25-30(14-16)17-8-9-17/h3-7,13-15,17,19H,8-12H2,1-2H3/t15-,19+/m1/s1. The average Bonchev–Trinajstić information content (AvgIpc) is 3.39. The normalized spacial score (nSPS) is 20.8. The van der Waals surface area contributed by atoms with Crippen LogP contribution in [0.25, 0.3) is 10.3 Å². The summed E-state index contributed by atoms with van der Waals surface area (Å²) in [4.78, 5) is 16.5. The average molecular weight is 463 g/mol. The molecule has 0 N–H and O–H groups in total. The van der Waals surface area contributed by atoms with Crippen molar-refractivity contribution in [2.45, 2.75) is 43.7 Å². The van der Waals surface area contributed by atoms with Gasteiger partial charge in [-0.05, 0) is 37.8 Å². The van der Waals surface area contributed by atoms with Gasteiger partial charge in [-0.1, -0.05) is 29.5 Å². The Morgan fingerprint density at radius 3 is 2.73 bits per heavy atom. The molecule has 3 aromatic heterocycles. The van der Waals surface area contributed by atoms with Crippen LogP contribution in [0.15, 0.2) is 42.7 Å². The number of thiazole rings is 1. The van der Waals surface area contributed by atoms with E-state index < -0.39 is 0 Å². The molecule has 0 spiro atoms. The molecule has 33 heavy (non-hydrogen) atoms. The third-order valence-electron chi connectivity index (χ3n) is 6.13. The molecule has 9 heteroatoms. The van der Waals surface area contributed by atoms with E-state index in [1.807, 2.05) is 55.5 Å². The summed E-state index contributed by atoms with van der Waals surface area (Å²) in [6, 6.07) is 10.3. The van der Waals surface area contributed by atoms with Crippen LogP contribution in [0.2, 0.25) is 0 Å². The SMILES string of the molecule is CN(C)c1nc2nc([C@@H]3CCO[C@H](c4cnn(C5CC5)c4)C3)nc(Oc3ccccc3)c2s1. The van der Waals surface area contributed by atoms with Gasteiger partial charge in [-0.15, -0.1) is 0 Å². The van der Waals surface area contributed by atoms with Gasteiger partial charge in [0.05, 0.1) is 18.3 Å². The Morgan fingerprint density at radius 1 is 1.09 bits per heavy atom. The van der Waals surface area contributed by atoms with Gasteiger partial charge in [0.15, 0.2) is 10.8 Å². The number of anilines is 1. The molecule has 2 atom stereocenters. The predicted octanol–water partition coefficient (Wildman–Crippen LogP) is 5.11. The van der Waals surface area contributed by atoms with Gasteiger partial charge in [-0.3, -0.25) is 4.68 Å². The van der Waals surface area contributed by atoms with Crippen molar-refractivity contribution in [3.63, 3.8) is 0 Å². The molecule has 1 aliphatic carbocycles. The first-order valence-corrected chi connectivity index (χ1v) is 12.2. The number of fused-ring (bicyclic) bond motifs is 1. The fourth-order valence-electron chi connectivity index (χ4n) is 4.17. The highest BCUT2D eigenvalue weighted by molar-refractivity contribution is 7.22. The molecule has 0 unspecified atom stereocenters. The lowest BCUT2D eigenvalue weighted by Crippen LogP contribution is -2.20. The molecule has 6 rings (SSSR count). The van der Waals surface area contributed by atoms with E-state index in [0.29, 0.717) is 24.2 Å². The summed E-state index contributed by atoms with van der Waals surface area (Å²) in [7, 11) is 3.96.